The highest BCUT2D eigenvalue weighted by atomic mass is 16.5. The number of methoxy groups -OCH3 is 1. The number of rotatable bonds is 13. The first-order valence-electron chi connectivity index (χ1n) is 11.4. The van der Waals surface area contributed by atoms with Gasteiger partial charge in [-0.05, 0) is 38.9 Å². The number of aliphatic imine (C=N–C) groups is 1. The molecule has 2 rings (SSSR count). The number of benzene rings is 1. The van der Waals surface area contributed by atoms with Gasteiger partial charge in [0.15, 0.2) is 5.96 Å². The Bertz CT molecular complexity index is 574. The molecule has 2 N–H and O–H groups in total. The van der Waals surface area contributed by atoms with Crippen molar-refractivity contribution in [3.8, 4) is 0 Å². The van der Waals surface area contributed by atoms with Crippen LogP contribution in [0.1, 0.15) is 19.8 Å². The minimum absolute atomic E-state index is 0.823. The number of nitrogens with one attached hydrogen (secondary N) is 2. The molecule has 0 bridgehead atoms. The SMILES string of the molecule is CCNC(=NCCCN1CCN(c2ccccc2)CC1)NCCN(C)CCCOC. The van der Waals surface area contributed by atoms with Gasteiger partial charge in [0.1, 0.15) is 0 Å². The van der Waals surface area contributed by atoms with E-state index in [4.69, 9.17) is 9.73 Å². The number of hydrogen-bond acceptors (Lipinski definition) is 5. The number of piperazine rings is 1. The quantitative estimate of drug-likeness (QED) is 0.289. The summed E-state index contributed by atoms with van der Waals surface area (Å²) in [5, 5.41) is 6.80. The third-order valence-corrected chi connectivity index (χ3v) is 5.41. The molecule has 0 atom stereocenters. The maximum Gasteiger partial charge on any atom is 0.191 e. The van der Waals surface area contributed by atoms with E-state index in [0.717, 1.165) is 90.9 Å². The van der Waals surface area contributed by atoms with Gasteiger partial charge in [0.2, 0.25) is 0 Å². The van der Waals surface area contributed by atoms with E-state index in [2.05, 4.69) is 69.6 Å². The second-order valence-corrected chi connectivity index (χ2v) is 7.85. The van der Waals surface area contributed by atoms with Gasteiger partial charge in [0.05, 0.1) is 0 Å². The Morgan fingerprint density at radius 3 is 2.53 bits per heavy atom. The smallest absolute Gasteiger partial charge is 0.191 e. The molecule has 1 aromatic carbocycles. The molecule has 0 spiro atoms. The van der Waals surface area contributed by atoms with E-state index in [0.29, 0.717) is 0 Å². The standard InChI is InChI=1S/C23H42N6O/c1-4-24-23(26-13-16-27(2)14-9-21-30-3)25-12-8-15-28-17-19-29(20-18-28)22-10-6-5-7-11-22/h5-7,10-11H,4,8-9,12-21H2,1-3H3,(H2,24,25,26). The second kappa shape index (κ2) is 15.0. The predicted octanol–water partition coefficient (Wildman–Crippen LogP) is 1.72. The Morgan fingerprint density at radius 2 is 1.83 bits per heavy atom. The van der Waals surface area contributed by atoms with Crippen LogP contribution in [0.2, 0.25) is 0 Å². The number of guanidine groups is 1. The zero-order valence-electron chi connectivity index (χ0n) is 19.3. The molecule has 1 aliphatic rings. The van der Waals surface area contributed by atoms with Crippen molar-refractivity contribution in [1.29, 1.82) is 0 Å². The molecule has 7 heteroatoms. The van der Waals surface area contributed by atoms with Crippen LogP contribution in [0.5, 0.6) is 0 Å². The van der Waals surface area contributed by atoms with Crippen LogP contribution in [-0.4, -0.2) is 102 Å². The summed E-state index contributed by atoms with van der Waals surface area (Å²) in [4.78, 5) is 12.1. The molecular formula is C23H42N6O. The molecule has 30 heavy (non-hydrogen) atoms. The fraction of sp³-hybridized carbons (Fsp3) is 0.696. The van der Waals surface area contributed by atoms with Crippen molar-refractivity contribution < 1.29 is 4.74 Å². The van der Waals surface area contributed by atoms with Gasteiger partial charge in [0, 0.05) is 84.9 Å². The minimum Gasteiger partial charge on any atom is -0.385 e. The predicted molar refractivity (Wildman–Crippen MR) is 128 cm³/mol. The Kier molecular flexibility index (Phi) is 12.3. The molecule has 7 nitrogen and oxygen atoms in total. The molecule has 1 heterocycles. The second-order valence-electron chi connectivity index (χ2n) is 7.85. The number of anilines is 1. The van der Waals surface area contributed by atoms with Crippen molar-refractivity contribution in [2.75, 3.05) is 91.1 Å². The van der Waals surface area contributed by atoms with E-state index in [9.17, 15) is 0 Å². The lowest BCUT2D eigenvalue weighted by molar-refractivity contribution is 0.180. The molecule has 170 valence electrons. The maximum atomic E-state index is 5.11. The molecule has 0 saturated carbocycles. The highest BCUT2D eigenvalue weighted by Gasteiger charge is 2.16. The fourth-order valence-electron chi connectivity index (χ4n) is 3.65. The van der Waals surface area contributed by atoms with Gasteiger partial charge in [-0.1, -0.05) is 18.2 Å². The van der Waals surface area contributed by atoms with Crippen LogP contribution >= 0.6 is 0 Å². The Morgan fingerprint density at radius 1 is 1.07 bits per heavy atom. The molecule has 0 unspecified atom stereocenters. The van der Waals surface area contributed by atoms with Crippen LogP contribution in [0.3, 0.4) is 0 Å². The number of ether oxygens (including phenoxy) is 1. The van der Waals surface area contributed by atoms with Crippen LogP contribution in [0.4, 0.5) is 5.69 Å². The summed E-state index contributed by atoms with van der Waals surface area (Å²) in [5.74, 6) is 0.927. The molecule has 0 radical (unpaired) electrons. The summed E-state index contributed by atoms with van der Waals surface area (Å²) >= 11 is 0. The van der Waals surface area contributed by atoms with E-state index in [1.807, 2.05) is 0 Å². The number of hydrogen-bond donors (Lipinski definition) is 2. The van der Waals surface area contributed by atoms with Crippen molar-refractivity contribution in [3.05, 3.63) is 30.3 Å². The summed E-state index contributed by atoms with van der Waals surface area (Å²) in [5.41, 5.74) is 1.34. The van der Waals surface area contributed by atoms with Crippen molar-refractivity contribution >= 4 is 11.6 Å². The van der Waals surface area contributed by atoms with Gasteiger partial charge in [-0.15, -0.1) is 0 Å². The summed E-state index contributed by atoms with van der Waals surface area (Å²) in [6.45, 7) is 13.2. The molecule has 0 amide bonds. The summed E-state index contributed by atoms with van der Waals surface area (Å²) in [6, 6.07) is 10.7. The first-order valence-corrected chi connectivity index (χ1v) is 11.4. The lowest BCUT2D eigenvalue weighted by Crippen LogP contribution is -2.46. The zero-order chi connectivity index (χ0) is 21.4. The Labute approximate surface area is 183 Å². The van der Waals surface area contributed by atoms with Crippen LogP contribution in [0.25, 0.3) is 0 Å². The molecule has 1 aliphatic heterocycles. The van der Waals surface area contributed by atoms with Crippen LogP contribution in [-0.2, 0) is 4.74 Å². The Hall–Kier alpha value is -1.83. The van der Waals surface area contributed by atoms with Gasteiger partial charge in [0.25, 0.3) is 0 Å². The highest BCUT2D eigenvalue weighted by molar-refractivity contribution is 5.79. The van der Waals surface area contributed by atoms with Crippen molar-refractivity contribution in [1.82, 2.24) is 20.4 Å². The van der Waals surface area contributed by atoms with E-state index in [1.165, 1.54) is 5.69 Å². The molecule has 1 saturated heterocycles. The average Bonchev–Trinajstić information content (AvgIpc) is 2.78. The first-order chi connectivity index (χ1) is 14.7. The fourth-order valence-corrected chi connectivity index (χ4v) is 3.65. The molecule has 1 aromatic rings. The monoisotopic (exact) mass is 418 g/mol. The number of nitrogens with zero attached hydrogens (tertiary/aromatic N) is 4. The van der Waals surface area contributed by atoms with E-state index in [-0.39, 0.29) is 0 Å². The maximum absolute atomic E-state index is 5.11. The highest BCUT2D eigenvalue weighted by Crippen LogP contribution is 2.15. The largest absolute Gasteiger partial charge is 0.385 e. The third kappa shape index (κ3) is 9.78. The van der Waals surface area contributed by atoms with Gasteiger partial charge < -0.3 is 25.2 Å². The summed E-state index contributed by atoms with van der Waals surface area (Å²) in [6.07, 6.45) is 2.17. The molecule has 0 aromatic heterocycles. The third-order valence-electron chi connectivity index (χ3n) is 5.41. The van der Waals surface area contributed by atoms with Crippen LogP contribution < -0.4 is 15.5 Å². The van der Waals surface area contributed by atoms with E-state index >= 15 is 0 Å². The number of para-hydroxylation sites is 1. The van der Waals surface area contributed by atoms with Crippen molar-refractivity contribution in [2.45, 2.75) is 19.8 Å². The van der Waals surface area contributed by atoms with Crippen LogP contribution in [0, 0.1) is 0 Å². The average molecular weight is 419 g/mol. The summed E-state index contributed by atoms with van der Waals surface area (Å²) in [7, 11) is 3.91. The van der Waals surface area contributed by atoms with Gasteiger partial charge in [-0.25, -0.2) is 0 Å². The lowest BCUT2D eigenvalue weighted by atomic mass is 10.2. The van der Waals surface area contributed by atoms with E-state index < -0.39 is 0 Å². The van der Waals surface area contributed by atoms with Gasteiger partial charge in [-0.2, -0.15) is 0 Å². The Balaban J connectivity index is 1.60. The van der Waals surface area contributed by atoms with Crippen molar-refractivity contribution in [2.24, 2.45) is 4.99 Å². The lowest BCUT2D eigenvalue weighted by Gasteiger charge is -2.36. The number of likely N-dealkylation sites (N-methyl/N-ethyl adjacent to an activating group) is 1. The van der Waals surface area contributed by atoms with Gasteiger partial charge >= 0.3 is 0 Å². The minimum atomic E-state index is 0.823. The van der Waals surface area contributed by atoms with Gasteiger partial charge in [-0.3, -0.25) is 9.89 Å². The zero-order valence-corrected chi connectivity index (χ0v) is 19.3. The molecule has 1 fully saturated rings. The van der Waals surface area contributed by atoms with E-state index in [1.54, 1.807) is 7.11 Å². The van der Waals surface area contributed by atoms with Crippen LogP contribution in [0.15, 0.2) is 35.3 Å². The van der Waals surface area contributed by atoms with Crippen molar-refractivity contribution in [3.63, 3.8) is 0 Å². The topological polar surface area (TPSA) is 55.4 Å². The molecular weight excluding hydrogens is 376 g/mol. The summed E-state index contributed by atoms with van der Waals surface area (Å²) < 4.78 is 5.11. The normalized spacial score (nSPS) is 15.6. The first kappa shape index (κ1) is 24.4. The molecule has 0 aliphatic carbocycles.